The predicted octanol–water partition coefficient (Wildman–Crippen LogP) is -0.955. The van der Waals surface area contributed by atoms with Crippen LogP contribution in [0, 0.1) is 0 Å². The van der Waals surface area contributed by atoms with Crippen LogP contribution in [0.25, 0.3) is 0 Å². The van der Waals surface area contributed by atoms with Crippen LogP contribution in [-0.4, -0.2) is 35.0 Å². The molecule has 4 nitrogen and oxygen atoms in total. The van der Waals surface area contributed by atoms with Crippen molar-refractivity contribution in [2.75, 3.05) is 6.61 Å². The van der Waals surface area contributed by atoms with Gasteiger partial charge < -0.3 is 14.9 Å². The Morgan fingerprint density at radius 3 is 2.90 bits per heavy atom. The Bertz CT molecular complexity index is 134. The highest BCUT2D eigenvalue weighted by Gasteiger charge is 2.28. The van der Waals surface area contributed by atoms with Gasteiger partial charge in [0.1, 0.15) is 12.2 Å². The molecule has 0 amide bonds. The maximum absolute atomic E-state index is 10.5. The molecule has 0 aromatic carbocycles. The summed E-state index contributed by atoms with van der Waals surface area (Å²) in [6.07, 6.45) is -0.536. The van der Waals surface area contributed by atoms with Gasteiger partial charge in [-0.1, -0.05) is 0 Å². The first-order valence-corrected chi connectivity index (χ1v) is 3.22. The zero-order chi connectivity index (χ0) is 7.56. The van der Waals surface area contributed by atoms with Crippen molar-refractivity contribution >= 4 is 5.97 Å². The number of carbonyl (C=O) groups excluding carboxylic acids is 1. The number of hydrogen-bond donors (Lipinski definition) is 2. The molecule has 0 bridgehead atoms. The summed E-state index contributed by atoms with van der Waals surface area (Å²) in [5.41, 5.74) is 0. The number of hydrogen-bond acceptors (Lipinski definition) is 4. The summed E-state index contributed by atoms with van der Waals surface area (Å²) in [5, 5.41) is 17.4. The molecule has 58 valence electrons. The Morgan fingerprint density at radius 1 is 1.80 bits per heavy atom. The lowest BCUT2D eigenvalue weighted by molar-refractivity contribution is -0.146. The van der Waals surface area contributed by atoms with Gasteiger partial charge in [0.2, 0.25) is 0 Å². The van der Waals surface area contributed by atoms with E-state index >= 15 is 0 Å². The first kappa shape index (κ1) is 7.50. The van der Waals surface area contributed by atoms with Gasteiger partial charge in [-0.15, -0.1) is 0 Å². The molecule has 0 saturated carbocycles. The second kappa shape index (κ2) is 2.98. The number of carbonyl (C=O) groups is 1. The van der Waals surface area contributed by atoms with Crippen LogP contribution in [0.1, 0.15) is 12.8 Å². The van der Waals surface area contributed by atoms with Gasteiger partial charge in [0.25, 0.3) is 0 Å². The molecule has 0 aromatic rings. The van der Waals surface area contributed by atoms with E-state index in [-0.39, 0.29) is 12.6 Å². The Labute approximate surface area is 58.4 Å². The summed E-state index contributed by atoms with van der Waals surface area (Å²) >= 11 is 0. The molecule has 4 heteroatoms. The molecular weight excluding hydrogens is 136 g/mol. The molecule has 1 unspecified atom stereocenters. The minimum Gasteiger partial charge on any atom is -0.459 e. The summed E-state index contributed by atoms with van der Waals surface area (Å²) in [4.78, 5) is 10.5. The van der Waals surface area contributed by atoms with E-state index < -0.39 is 12.2 Å². The van der Waals surface area contributed by atoms with Crippen molar-refractivity contribution < 1.29 is 19.7 Å². The molecule has 1 rings (SSSR count). The van der Waals surface area contributed by atoms with E-state index in [0.29, 0.717) is 12.8 Å². The van der Waals surface area contributed by atoms with Crippen molar-refractivity contribution in [1.82, 2.24) is 0 Å². The van der Waals surface area contributed by atoms with E-state index in [9.17, 15) is 4.79 Å². The van der Waals surface area contributed by atoms with Crippen LogP contribution < -0.4 is 0 Å². The average Bonchev–Trinajstić information content (AvgIpc) is 2.34. The van der Waals surface area contributed by atoms with Crippen LogP contribution in [0.2, 0.25) is 0 Å². The normalized spacial score (nSPS) is 28.2. The molecule has 1 saturated heterocycles. The van der Waals surface area contributed by atoms with Gasteiger partial charge in [-0.05, 0) is 6.42 Å². The molecule has 10 heavy (non-hydrogen) atoms. The second-order valence-corrected chi connectivity index (χ2v) is 2.32. The molecule has 1 heterocycles. The summed E-state index contributed by atoms with van der Waals surface area (Å²) in [6.45, 7) is -0.349. The number of esters is 1. The van der Waals surface area contributed by atoms with Crippen molar-refractivity contribution in [3.63, 3.8) is 0 Å². The van der Waals surface area contributed by atoms with Crippen molar-refractivity contribution in [1.29, 1.82) is 0 Å². The number of aliphatic hydroxyl groups is 2. The van der Waals surface area contributed by atoms with Crippen molar-refractivity contribution in [3.05, 3.63) is 0 Å². The topological polar surface area (TPSA) is 66.8 Å². The van der Waals surface area contributed by atoms with Crippen LogP contribution in [-0.2, 0) is 9.53 Å². The van der Waals surface area contributed by atoms with E-state index in [0.717, 1.165) is 0 Å². The number of cyclic esters (lactones) is 1. The standard InChI is InChI=1S/C6H10O4/c7-3-4(8)5-1-2-6(9)10-5/h4-5,7-8H,1-3H2/t4-,5?/m1/s1. The van der Waals surface area contributed by atoms with Crippen molar-refractivity contribution in [3.8, 4) is 0 Å². The maximum atomic E-state index is 10.5. The van der Waals surface area contributed by atoms with Crippen LogP contribution in [0.4, 0.5) is 0 Å². The fourth-order valence-corrected chi connectivity index (χ4v) is 0.935. The van der Waals surface area contributed by atoms with Gasteiger partial charge in [-0.3, -0.25) is 4.79 Å². The van der Waals surface area contributed by atoms with E-state index in [2.05, 4.69) is 4.74 Å². The number of aliphatic hydroxyl groups excluding tert-OH is 2. The summed E-state index contributed by atoms with van der Waals surface area (Å²) < 4.78 is 4.67. The molecule has 1 aliphatic heterocycles. The molecule has 0 aromatic heterocycles. The molecule has 2 atom stereocenters. The SMILES string of the molecule is O=C1CCC([C@H](O)CO)O1. The van der Waals surface area contributed by atoms with Crippen molar-refractivity contribution in [2.24, 2.45) is 0 Å². The van der Waals surface area contributed by atoms with Crippen molar-refractivity contribution in [2.45, 2.75) is 25.0 Å². The summed E-state index contributed by atoms with van der Waals surface area (Å²) in [6, 6.07) is 0. The fraction of sp³-hybridized carbons (Fsp3) is 0.833. The largest absolute Gasteiger partial charge is 0.459 e. The van der Waals surface area contributed by atoms with Gasteiger partial charge >= 0.3 is 5.97 Å². The molecule has 0 spiro atoms. The smallest absolute Gasteiger partial charge is 0.306 e. The van der Waals surface area contributed by atoms with Crippen LogP contribution in [0.15, 0.2) is 0 Å². The van der Waals surface area contributed by atoms with Gasteiger partial charge in [0, 0.05) is 6.42 Å². The lowest BCUT2D eigenvalue weighted by atomic mass is 10.1. The molecule has 0 aliphatic carbocycles. The first-order chi connectivity index (χ1) is 4.74. The molecular formula is C6H10O4. The Balaban J connectivity index is 2.36. The predicted molar refractivity (Wildman–Crippen MR) is 32.2 cm³/mol. The van der Waals surface area contributed by atoms with Gasteiger partial charge in [0.05, 0.1) is 6.61 Å². The fourth-order valence-electron chi connectivity index (χ4n) is 0.935. The Morgan fingerprint density at radius 2 is 2.50 bits per heavy atom. The van der Waals surface area contributed by atoms with Gasteiger partial charge in [-0.2, -0.15) is 0 Å². The third kappa shape index (κ3) is 1.46. The molecule has 1 fully saturated rings. The zero-order valence-electron chi connectivity index (χ0n) is 5.49. The van der Waals surface area contributed by atoms with E-state index in [1.54, 1.807) is 0 Å². The van der Waals surface area contributed by atoms with E-state index in [1.807, 2.05) is 0 Å². The molecule has 2 N–H and O–H groups in total. The Hall–Kier alpha value is -0.610. The number of rotatable bonds is 2. The van der Waals surface area contributed by atoms with E-state index in [1.165, 1.54) is 0 Å². The highest BCUT2D eigenvalue weighted by Crippen LogP contribution is 2.16. The Kier molecular flexibility index (Phi) is 2.24. The third-order valence-corrected chi connectivity index (χ3v) is 1.53. The van der Waals surface area contributed by atoms with Crippen LogP contribution in [0.5, 0.6) is 0 Å². The lowest BCUT2D eigenvalue weighted by Crippen LogP contribution is -2.28. The van der Waals surface area contributed by atoms with Gasteiger partial charge in [0.15, 0.2) is 0 Å². The monoisotopic (exact) mass is 146 g/mol. The highest BCUT2D eigenvalue weighted by molar-refractivity contribution is 5.71. The average molecular weight is 146 g/mol. The molecule has 1 aliphatic rings. The maximum Gasteiger partial charge on any atom is 0.306 e. The van der Waals surface area contributed by atoms with Crippen LogP contribution >= 0.6 is 0 Å². The second-order valence-electron chi connectivity index (χ2n) is 2.32. The lowest BCUT2D eigenvalue weighted by Gasteiger charge is -2.13. The third-order valence-electron chi connectivity index (χ3n) is 1.53. The van der Waals surface area contributed by atoms with E-state index in [4.69, 9.17) is 10.2 Å². The minimum absolute atomic E-state index is 0.294. The van der Waals surface area contributed by atoms with Crippen LogP contribution in [0.3, 0.4) is 0 Å². The molecule has 0 radical (unpaired) electrons. The quantitative estimate of drug-likeness (QED) is 0.493. The number of ether oxygens (including phenoxy) is 1. The van der Waals surface area contributed by atoms with Gasteiger partial charge in [-0.25, -0.2) is 0 Å². The minimum atomic E-state index is -0.911. The zero-order valence-corrected chi connectivity index (χ0v) is 5.49. The highest BCUT2D eigenvalue weighted by atomic mass is 16.6. The first-order valence-electron chi connectivity index (χ1n) is 3.22. The summed E-state index contributed by atoms with van der Waals surface area (Å²) in [7, 11) is 0. The summed E-state index contributed by atoms with van der Waals surface area (Å²) in [5.74, 6) is -0.294.